The Morgan fingerprint density at radius 1 is 1.38 bits per heavy atom. The van der Waals surface area contributed by atoms with Crippen molar-refractivity contribution in [1.29, 1.82) is 0 Å². The number of oxazole rings is 1. The van der Waals surface area contributed by atoms with E-state index in [1.165, 1.54) is 0 Å². The van der Waals surface area contributed by atoms with Crippen LogP contribution in [0.5, 0.6) is 0 Å². The average molecular weight is 193 g/mol. The minimum Gasteiger partial charge on any atom is -0.441 e. The van der Waals surface area contributed by atoms with E-state index in [2.05, 4.69) is 11.2 Å². The van der Waals surface area contributed by atoms with Crippen LogP contribution in [0.1, 0.15) is 5.76 Å². The molecular formula is C10H7ClNO. The standard InChI is InChI=1S/C10H7ClNO/c1-7-6-12-10(13-7)8-4-2-3-5-9(8)11/h2-5H,1H3. The van der Waals surface area contributed by atoms with Gasteiger partial charge in [-0.25, -0.2) is 4.98 Å². The molecule has 0 aliphatic heterocycles. The van der Waals surface area contributed by atoms with E-state index in [-0.39, 0.29) is 0 Å². The summed E-state index contributed by atoms with van der Waals surface area (Å²) >= 11 is 5.95. The first kappa shape index (κ1) is 8.32. The van der Waals surface area contributed by atoms with Crippen molar-refractivity contribution in [2.75, 3.05) is 0 Å². The third kappa shape index (κ3) is 1.58. The third-order valence-corrected chi connectivity index (χ3v) is 2.00. The van der Waals surface area contributed by atoms with Crippen molar-refractivity contribution in [2.24, 2.45) is 0 Å². The highest BCUT2D eigenvalue weighted by atomic mass is 35.5. The molecule has 1 heterocycles. The maximum absolute atomic E-state index is 5.95. The lowest BCUT2D eigenvalue weighted by Gasteiger charge is -1.96. The SMILES string of the molecule is Cc1[c]nc(-c2ccccc2Cl)o1. The molecule has 13 heavy (non-hydrogen) atoms. The second-order valence-electron chi connectivity index (χ2n) is 2.67. The van der Waals surface area contributed by atoms with Crippen molar-refractivity contribution in [1.82, 2.24) is 4.98 Å². The normalized spacial score (nSPS) is 10.3. The van der Waals surface area contributed by atoms with Gasteiger partial charge in [-0.15, -0.1) is 0 Å². The lowest BCUT2D eigenvalue weighted by Crippen LogP contribution is -1.77. The minimum absolute atomic E-state index is 0.517. The molecule has 0 aliphatic rings. The number of benzene rings is 1. The van der Waals surface area contributed by atoms with Crippen LogP contribution in [0.15, 0.2) is 28.7 Å². The highest BCUT2D eigenvalue weighted by molar-refractivity contribution is 6.33. The van der Waals surface area contributed by atoms with E-state index in [0.717, 1.165) is 5.56 Å². The molecule has 0 saturated carbocycles. The summed E-state index contributed by atoms with van der Waals surface area (Å²) < 4.78 is 5.30. The maximum atomic E-state index is 5.95. The van der Waals surface area contributed by atoms with Gasteiger partial charge in [0.05, 0.1) is 10.6 Å². The molecule has 2 nitrogen and oxygen atoms in total. The summed E-state index contributed by atoms with van der Waals surface area (Å²) in [5.41, 5.74) is 0.800. The van der Waals surface area contributed by atoms with Gasteiger partial charge in [0.25, 0.3) is 0 Å². The van der Waals surface area contributed by atoms with Crippen molar-refractivity contribution < 1.29 is 4.42 Å². The fraction of sp³-hybridized carbons (Fsp3) is 0.100. The quantitative estimate of drug-likeness (QED) is 0.694. The fourth-order valence-electron chi connectivity index (χ4n) is 1.07. The van der Waals surface area contributed by atoms with Crippen LogP contribution >= 0.6 is 11.6 Å². The van der Waals surface area contributed by atoms with Gasteiger partial charge in [0.2, 0.25) is 5.89 Å². The third-order valence-electron chi connectivity index (χ3n) is 1.67. The first-order valence-corrected chi connectivity index (χ1v) is 4.25. The molecule has 1 radical (unpaired) electrons. The maximum Gasteiger partial charge on any atom is 0.228 e. The van der Waals surface area contributed by atoms with Gasteiger partial charge in [0, 0.05) is 0 Å². The highest BCUT2D eigenvalue weighted by Gasteiger charge is 2.07. The zero-order chi connectivity index (χ0) is 9.26. The van der Waals surface area contributed by atoms with Crippen LogP contribution in [-0.4, -0.2) is 4.98 Å². The summed E-state index contributed by atoms with van der Waals surface area (Å²) in [5, 5.41) is 0.637. The molecular weight excluding hydrogens is 186 g/mol. The summed E-state index contributed by atoms with van der Waals surface area (Å²) in [6, 6.07) is 7.42. The van der Waals surface area contributed by atoms with Crippen molar-refractivity contribution >= 4 is 11.6 Å². The monoisotopic (exact) mass is 192 g/mol. The van der Waals surface area contributed by atoms with Crippen molar-refractivity contribution in [3.05, 3.63) is 41.2 Å². The Kier molecular flexibility index (Phi) is 2.07. The van der Waals surface area contributed by atoms with Gasteiger partial charge >= 0.3 is 0 Å². The Morgan fingerprint density at radius 3 is 2.77 bits per heavy atom. The molecule has 0 amide bonds. The molecule has 0 N–H and O–H groups in total. The molecule has 0 spiro atoms. The van der Waals surface area contributed by atoms with Crippen LogP contribution < -0.4 is 0 Å². The predicted molar refractivity (Wildman–Crippen MR) is 50.5 cm³/mol. The summed E-state index contributed by atoms with van der Waals surface area (Å²) in [6.45, 7) is 1.80. The molecule has 2 aromatic rings. The predicted octanol–water partition coefficient (Wildman–Crippen LogP) is 3.10. The van der Waals surface area contributed by atoms with Crippen LogP contribution in [0.4, 0.5) is 0 Å². The highest BCUT2D eigenvalue weighted by Crippen LogP contribution is 2.26. The molecule has 1 aromatic heterocycles. The Labute approximate surface area is 81.2 Å². The van der Waals surface area contributed by atoms with Crippen LogP contribution in [0, 0.1) is 13.1 Å². The lowest BCUT2D eigenvalue weighted by atomic mass is 10.2. The molecule has 1 aromatic carbocycles. The molecule has 65 valence electrons. The first-order valence-electron chi connectivity index (χ1n) is 3.87. The van der Waals surface area contributed by atoms with Gasteiger partial charge in [-0.05, 0) is 19.1 Å². The number of rotatable bonds is 1. The van der Waals surface area contributed by atoms with Gasteiger partial charge < -0.3 is 4.42 Å². The van der Waals surface area contributed by atoms with E-state index < -0.39 is 0 Å². The summed E-state index contributed by atoms with van der Waals surface area (Å²) in [7, 11) is 0. The van der Waals surface area contributed by atoms with Gasteiger partial charge in [0.1, 0.15) is 12.0 Å². The van der Waals surface area contributed by atoms with E-state index in [9.17, 15) is 0 Å². The van der Waals surface area contributed by atoms with Gasteiger partial charge in [-0.2, -0.15) is 0 Å². The number of nitrogens with zero attached hydrogens (tertiary/aromatic N) is 1. The largest absolute Gasteiger partial charge is 0.441 e. The molecule has 0 aliphatic carbocycles. The zero-order valence-electron chi connectivity index (χ0n) is 7.04. The van der Waals surface area contributed by atoms with Gasteiger partial charge in [0.15, 0.2) is 0 Å². The summed E-state index contributed by atoms with van der Waals surface area (Å²) in [5.74, 6) is 1.18. The number of halogens is 1. The molecule has 0 bridgehead atoms. The van der Waals surface area contributed by atoms with Gasteiger partial charge in [-0.1, -0.05) is 23.7 Å². The average Bonchev–Trinajstić information content (AvgIpc) is 2.53. The Balaban J connectivity index is 2.52. The summed E-state index contributed by atoms with van der Waals surface area (Å²) in [6.07, 6.45) is 2.72. The number of hydrogen-bond donors (Lipinski definition) is 0. The Bertz CT molecular complexity index is 422. The second kappa shape index (κ2) is 3.23. The molecule has 2 rings (SSSR count). The van der Waals surface area contributed by atoms with E-state index in [4.69, 9.17) is 16.0 Å². The number of aromatic nitrogens is 1. The lowest BCUT2D eigenvalue weighted by molar-refractivity contribution is 0.542. The number of hydrogen-bond acceptors (Lipinski definition) is 2. The van der Waals surface area contributed by atoms with Crippen LogP contribution in [0.25, 0.3) is 11.5 Å². The smallest absolute Gasteiger partial charge is 0.228 e. The van der Waals surface area contributed by atoms with Crippen molar-refractivity contribution in [3.63, 3.8) is 0 Å². The van der Waals surface area contributed by atoms with E-state index in [1.54, 1.807) is 13.0 Å². The van der Waals surface area contributed by atoms with E-state index in [0.29, 0.717) is 16.7 Å². The topological polar surface area (TPSA) is 26.0 Å². The van der Waals surface area contributed by atoms with Gasteiger partial charge in [-0.3, -0.25) is 0 Å². The van der Waals surface area contributed by atoms with Crippen LogP contribution in [0.3, 0.4) is 0 Å². The van der Waals surface area contributed by atoms with Crippen molar-refractivity contribution in [3.8, 4) is 11.5 Å². The molecule has 0 saturated heterocycles. The van der Waals surface area contributed by atoms with E-state index >= 15 is 0 Å². The van der Waals surface area contributed by atoms with Crippen LogP contribution in [-0.2, 0) is 0 Å². The summed E-state index contributed by atoms with van der Waals surface area (Å²) in [4.78, 5) is 3.97. The molecule has 3 heteroatoms. The number of aryl methyl sites for hydroxylation is 1. The minimum atomic E-state index is 0.517. The van der Waals surface area contributed by atoms with Crippen molar-refractivity contribution in [2.45, 2.75) is 6.92 Å². The molecule has 0 unspecified atom stereocenters. The molecule has 0 fully saturated rings. The van der Waals surface area contributed by atoms with Crippen LogP contribution in [0.2, 0.25) is 5.02 Å². The molecule has 0 atom stereocenters. The fourth-order valence-corrected chi connectivity index (χ4v) is 1.29. The first-order chi connectivity index (χ1) is 6.27. The van der Waals surface area contributed by atoms with E-state index in [1.807, 2.05) is 18.2 Å². The second-order valence-corrected chi connectivity index (χ2v) is 3.07. The Morgan fingerprint density at radius 2 is 2.15 bits per heavy atom. The zero-order valence-corrected chi connectivity index (χ0v) is 7.80. The Hall–Kier alpha value is -1.28.